The van der Waals surface area contributed by atoms with Gasteiger partial charge in [-0.1, -0.05) is 11.6 Å². The molecule has 0 aliphatic carbocycles. The first-order chi connectivity index (χ1) is 13.3. The number of nitrogens with two attached hydrogens (primary N) is 1. The second-order valence-corrected chi connectivity index (χ2v) is 5.91. The average Bonchev–Trinajstić information content (AvgIpc) is 2.65. The van der Waals surface area contributed by atoms with Gasteiger partial charge in [0.25, 0.3) is 11.8 Å². The van der Waals surface area contributed by atoms with E-state index in [4.69, 9.17) is 22.1 Å². The Balaban J connectivity index is 2.09. The highest BCUT2D eigenvalue weighted by atomic mass is 35.5. The molecule has 4 N–H and O–H groups in total. The molecule has 0 atom stereocenters. The Labute approximate surface area is 163 Å². The predicted molar refractivity (Wildman–Crippen MR) is 98.3 cm³/mol. The number of amides is 3. The summed E-state index contributed by atoms with van der Waals surface area (Å²) in [6.07, 6.45) is 0. The predicted octanol–water partition coefficient (Wildman–Crippen LogP) is 1.49. The van der Waals surface area contributed by atoms with Crippen molar-refractivity contribution in [2.45, 2.75) is 0 Å². The number of nitrogens with one attached hydrogen (secondary N) is 2. The molecule has 0 unspecified atom stereocenters. The third-order valence-corrected chi connectivity index (χ3v) is 3.59. The lowest BCUT2D eigenvalue weighted by molar-refractivity contribution is -0.127. The van der Waals surface area contributed by atoms with E-state index in [0.29, 0.717) is 0 Å². The molecule has 0 saturated carbocycles. The number of halogens is 2. The molecule has 0 spiro atoms. The average molecular weight is 408 g/mol. The summed E-state index contributed by atoms with van der Waals surface area (Å²) in [5.41, 5.74) is 5.04. The van der Waals surface area contributed by atoms with Crippen molar-refractivity contribution in [3.8, 4) is 0 Å². The number of hydrogen-bond acceptors (Lipinski definition) is 5. The van der Waals surface area contributed by atoms with E-state index in [9.17, 15) is 23.6 Å². The molecule has 2 aromatic rings. The third-order valence-electron chi connectivity index (χ3n) is 3.35. The van der Waals surface area contributed by atoms with E-state index in [2.05, 4.69) is 10.6 Å². The van der Waals surface area contributed by atoms with Crippen molar-refractivity contribution in [2.24, 2.45) is 5.73 Å². The summed E-state index contributed by atoms with van der Waals surface area (Å²) in [6.45, 7) is -1.05. The minimum absolute atomic E-state index is 0.0457. The van der Waals surface area contributed by atoms with Gasteiger partial charge in [-0.25, -0.2) is 9.18 Å². The van der Waals surface area contributed by atoms with E-state index in [1.807, 2.05) is 0 Å². The number of anilines is 1. The summed E-state index contributed by atoms with van der Waals surface area (Å²) in [4.78, 5) is 46.6. The maximum Gasteiger partial charge on any atom is 0.340 e. The van der Waals surface area contributed by atoms with E-state index in [1.165, 1.54) is 30.3 Å². The van der Waals surface area contributed by atoms with Crippen LogP contribution in [0.5, 0.6) is 0 Å². The molecule has 0 fully saturated rings. The van der Waals surface area contributed by atoms with Gasteiger partial charge in [0, 0.05) is 10.6 Å². The van der Waals surface area contributed by atoms with Crippen LogP contribution in [0.4, 0.5) is 10.1 Å². The van der Waals surface area contributed by atoms with E-state index in [1.54, 1.807) is 0 Å². The molecule has 3 amide bonds. The molecule has 146 valence electrons. The molecule has 0 bridgehead atoms. The van der Waals surface area contributed by atoms with Crippen molar-refractivity contribution in [2.75, 3.05) is 18.5 Å². The molecule has 0 heterocycles. The first kappa shape index (κ1) is 20.8. The lowest BCUT2D eigenvalue weighted by Crippen LogP contribution is -2.36. The van der Waals surface area contributed by atoms with Crippen LogP contribution in [0, 0.1) is 5.82 Å². The highest BCUT2D eigenvalue weighted by Gasteiger charge is 2.17. The first-order valence-electron chi connectivity index (χ1n) is 7.85. The first-order valence-corrected chi connectivity index (χ1v) is 8.22. The largest absolute Gasteiger partial charge is 0.452 e. The topological polar surface area (TPSA) is 128 Å². The molecule has 0 aliphatic rings. The smallest absolute Gasteiger partial charge is 0.340 e. The number of ether oxygens (including phenoxy) is 1. The van der Waals surface area contributed by atoms with Crippen LogP contribution in [0.1, 0.15) is 20.7 Å². The number of hydrogen-bond donors (Lipinski definition) is 3. The molecule has 28 heavy (non-hydrogen) atoms. The van der Waals surface area contributed by atoms with Gasteiger partial charge < -0.3 is 21.1 Å². The van der Waals surface area contributed by atoms with Gasteiger partial charge in [-0.15, -0.1) is 0 Å². The lowest BCUT2D eigenvalue weighted by Gasteiger charge is -2.12. The molecule has 10 heteroatoms. The number of carbonyl (C=O) groups excluding carboxylic acids is 4. The van der Waals surface area contributed by atoms with Gasteiger partial charge in [0.2, 0.25) is 5.91 Å². The van der Waals surface area contributed by atoms with Crippen molar-refractivity contribution < 1.29 is 28.3 Å². The van der Waals surface area contributed by atoms with Gasteiger partial charge in [0.1, 0.15) is 5.82 Å². The fraction of sp³-hybridized carbons (Fsp3) is 0.111. The van der Waals surface area contributed by atoms with Gasteiger partial charge in [0.05, 0.1) is 17.8 Å². The Kier molecular flexibility index (Phi) is 7.05. The van der Waals surface area contributed by atoms with Crippen LogP contribution in [0.15, 0.2) is 42.5 Å². The van der Waals surface area contributed by atoms with E-state index < -0.39 is 42.7 Å². The van der Waals surface area contributed by atoms with Crippen molar-refractivity contribution in [1.82, 2.24) is 5.32 Å². The zero-order valence-electron chi connectivity index (χ0n) is 14.3. The number of rotatable bonds is 7. The summed E-state index contributed by atoms with van der Waals surface area (Å²) >= 11 is 5.91. The Morgan fingerprint density at radius 2 is 1.75 bits per heavy atom. The second kappa shape index (κ2) is 9.47. The molecule has 2 rings (SSSR count). The number of esters is 1. The summed E-state index contributed by atoms with van der Waals surface area (Å²) in [5, 5.41) is 4.89. The zero-order chi connectivity index (χ0) is 20.7. The zero-order valence-corrected chi connectivity index (χ0v) is 15.1. The molecule has 0 saturated heterocycles. The molecule has 0 aliphatic heterocycles. The van der Waals surface area contributed by atoms with Crippen molar-refractivity contribution >= 4 is 41.0 Å². The summed E-state index contributed by atoms with van der Waals surface area (Å²) in [6, 6.07) is 8.82. The van der Waals surface area contributed by atoms with Gasteiger partial charge in [-0.2, -0.15) is 0 Å². The Bertz CT molecular complexity index is 918. The van der Waals surface area contributed by atoms with Crippen LogP contribution >= 0.6 is 11.6 Å². The fourth-order valence-corrected chi connectivity index (χ4v) is 2.21. The van der Waals surface area contributed by atoms with Gasteiger partial charge in [-0.3, -0.25) is 14.4 Å². The number of primary amides is 1. The van der Waals surface area contributed by atoms with E-state index in [-0.39, 0.29) is 21.8 Å². The normalized spacial score (nSPS) is 10.1. The third kappa shape index (κ3) is 6.06. The molecule has 0 aromatic heterocycles. The SMILES string of the molecule is NC(=O)CNC(=O)COC(=O)c1ccc(Cl)cc1NC(=O)c1ccc(F)cc1. The Morgan fingerprint density at radius 3 is 2.39 bits per heavy atom. The Hall–Kier alpha value is -3.46. The molecular formula is C18H15ClFN3O5. The van der Waals surface area contributed by atoms with Crippen molar-refractivity contribution in [3.63, 3.8) is 0 Å². The van der Waals surface area contributed by atoms with Crippen LogP contribution in [0.2, 0.25) is 5.02 Å². The maximum absolute atomic E-state index is 13.0. The quantitative estimate of drug-likeness (QED) is 0.599. The molecule has 2 aromatic carbocycles. The van der Waals surface area contributed by atoms with E-state index in [0.717, 1.165) is 12.1 Å². The van der Waals surface area contributed by atoms with Gasteiger partial charge >= 0.3 is 5.97 Å². The van der Waals surface area contributed by atoms with Gasteiger partial charge in [-0.05, 0) is 42.5 Å². The maximum atomic E-state index is 13.0. The molecular weight excluding hydrogens is 393 g/mol. The minimum atomic E-state index is -0.903. The summed E-state index contributed by atoms with van der Waals surface area (Å²) < 4.78 is 17.8. The van der Waals surface area contributed by atoms with E-state index >= 15 is 0 Å². The fourth-order valence-electron chi connectivity index (χ4n) is 2.04. The number of benzene rings is 2. The second-order valence-electron chi connectivity index (χ2n) is 5.47. The molecule has 0 radical (unpaired) electrons. The van der Waals surface area contributed by atoms with Gasteiger partial charge in [0.15, 0.2) is 6.61 Å². The monoisotopic (exact) mass is 407 g/mol. The molecule has 8 nitrogen and oxygen atoms in total. The Morgan fingerprint density at radius 1 is 1.07 bits per heavy atom. The van der Waals surface area contributed by atoms with Crippen LogP contribution in [-0.2, 0) is 14.3 Å². The van der Waals surface area contributed by atoms with Crippen LogP contribution in [0.3, 0.4) is 0 Å². The lowest BCUT2D eigenvalue weighted by atomic mass is 10.1. The van der Waals surface area contributed by atoms with Crippen molar-refractivity contribution in [1.29, 1.82) is 0 Å². The summed E-state index contributed by atoms with van der Waals surface area (Å²) in [5.74, 6) is -3.48. The highest BCUT2D eigenvalue weighted by molar-refractivity contribution is 6.31. The standard InChI is InChI=1S/C18H15ClFN3O5/c19-11-3-6-13(18(27)28-9-16(25)22-8-15(21)24)14(7-11)23-17(26)10-1-4-12(20)5-2-10/h1-7H,8-9H2,(H2,21,24)(H,22,25)(H,23,26). The van der Waals surface area contributed by atoms with Crippen molar-refractivity contribution in [3.05, 3.63) is 64.4 Å². The number of carbonyl (C=O) groups is 4. The van der Waals surface area contributed by atoms with Crippen LogP contribution in [0.25, 0.3) is 0 Å². The highest BCUT2D eigenvalue weighted by Crippen LogP contribution is 2.23. The van der Waals surface area contributed by atoms with Crippen LogP contribution < -0.4 is 16.4 Å². The summed E-state index contributed by atoms with van der Waals surface area (Å²) in [7, 11) is 0. The minimum Gasteiger partial charge on any atom is -0.452 e. The van der Waals surface area contributed by atoms with Crippen LogP contribution in [-0.4, -0.2) is 36.8 Å².